The van der Waals surface area contributed by atoms with Crippen molar-refractivity contribution in [3.63, 3.8) is 0 Å². The van der Waals surface area contributed by atoms with E-state index in [0.29, 0.717) is 0 Å². The molecule has 0 atom stereocenters. The summed E-state index contributed by atoms with van der Waals surface area (Å²) in [5.41, 5.74) is -1.01. The Morgan fingerprint density at radius 2 is 1.62 bits per heavy atom. The zero-order valence-electron chi connectivity index (χ0n) is 13.3. The minimum absolute atomic E-state index is 0.0649. The Balaban J connectivity index is 2.31. The minimum Gasteiger partial charge on any atom is -0.232 e. The van der Waals surface area contributed by atoms with Gasteiger partial charge in [-0.15, -0.1) is 0 Å². The van der Waals surface area contributed by atoms with Gasteiger partial charge < -0.3 is 0 Å². The molecule has 0 saturated heterocycles. The average Bonchev–Trinajstić information content (AvgIpc) is 3.00. The Kier molecular flexibility index (Phi) is 4.35. The monoisotopic (exact) mass is 384 g/mol. The highest BCUT2D eigenvalue weighted by Gasteiger charge is 2.35. The fourth-order valence-corrected chi connectivity index (χ4v) is 3.39. The van der Waals surface area contributed by atoms with Crippen LogP contribution >= 0.6 is 0 Å². The van der Waals surface area contributed by atoms with Crippen LogP contribution in [0.1, 0.15) is 5.69 Å². The van der Waals surface area contributed by atoms with Crippen molar-refractivity contribution >= 4 is 9.84 Å². The van der Waals surface area contributed by atoms with Gasteiger partial charge in [0.1, 0.15) is 5.82 Å². The van der Waals surface area contributed by atoms with Crippen LogP contribution in [0.5, 0.6) is 0 Å². The topological polar surface area (TPSA) is 52.0 Å². The lowest BCUT2D eigenvalue weighted by atomic mass is 10.1. The van der Waals surface area contributed by atoms with Crippen molar-refractivity contribution in [3.8, 4) is 16.9 Å². The largest absolute Gasteiger partial charge is 0.435 e. The van der Waals surface area contributed by atoms with E-state index >= 15 is 0 Å². The SMILES string of the molecule is CS(=O)(=O)c1ccccc1-c1cc(C(F)(F)F)nn1-c1ccc(F)cc1. The van der Waals surface area contributed by atoms with Gasteiger partial charge in [-0.25, -0.2) is 17.5 Å². The second kappa shape index (κ2) is 6.24. The lowest BCUT2D eigenvalue weighted by Gasteiger charge is -2.11. The molecule has 0 bridgehead atoms. The second-order valence-corrected chi connectivity index (χ2v) is 7.55. The first-order chi connectivity index (χ1) is 12.1. The summed E-state index contributed by atoms with van der Waals surface area (Å²) in [7, 11) is -3.70. The first-order valence-corrected chi connectivity index (χ1v) is 9.19. The van der Waals surface area contributed by atoms with Crippen molar-refractivity contribution < 1.29 is 26.0 Å². The van der Waals surface area contributed by atoms with E-state index in [2.05, 4.69) is 5.10 Å². The molecule has 0 N–H and O–H groups in total. The number of hydrogen-bond acceptors (Lipinski definition) is 3. The van der Waals surface area contributed by atoms with Crippen LogP contribution in [0.25, 0.3) is 16.9 Å². The standard InChI is InChI=1S/C17H12F4N2O2S/c1-26(24,25)15-5-3-2-4-13(15)14-10-16(17(19,20)21)22-23(14)12-8-6-11(18)7-9-12/h2-10H,1H3. The summed E-state index contributed by atoms with van der Waals surface area (Å²) in [5, 5.41) is 3.56. The summed E-state index contributed by atoms with van der Waals surface area (Å²) >= 11 is 0. The molecule has 0 amide bonds. The van der Waals surface area contributed by atoms with Gasteiger partial charge >= 0.3 is 6.18 Å². The Labute approximate surface area is 146 Å². The highest BCUT2D eigenvalue weighted by atomic mass is 32.2. The maximum Gasteiger partial charge on any atom is 0.435 e. The molecule has 0 aliphatic rings. The summed E-state index contributed by atoms with van der Waals surface area (Å²) in [5.74, 6) is -0.560. The molecule has 1 heterocycles. The van der Waals surface area contributed by atoms with Crippen LogP contribution < -0.4 is 0 Å². The second-order valence-electron chi connectivity index (χ2n) is 5.57. The average molecular weight is 384 g/mol. The number of rotatable bonds is 3. The number of benzene rings is 2. The predicted octanol–water partition coefficient (Wildman–Crippen LogP) is 4.10. The molecule has 136 valence electrons. The van der Waals surface area contributed by atoms with Crippen LogP contribution in [0.4, 0.5) is 17.6 Å². The van der Waals surface area contributed by atoms with E-state index in [0.717, 1.165) is 29.1 Å². The van der Waals surface area contributed by atoms with Gasteiger partial charge in [0.15, 0.2) is 15.5 Å². The van der Waals surface area contributed by atoms with Gasteiger partial charge in [0.25, 0.3) is 0 Å². The molecular weight excluding hydrogens is 372 g/mol. The molecule has 0 radical (unpaired) electrons. The number of hydrogen-bond donors (Lipinski definition) is 0. The van der Waals surface area contributed by atoms with Crippen LogP contribution in [-0.4, -0.2) is 24.5 Å². The van der Waals surface area contributed by atoms with Crippen LogP contribution in [0.3, 0.4) is 0 Å². The van der Waals surface area contributed by atoms with E-state index in [4.69, 9.17) is 0 Å². The molecule has 4 nitrogen and oxygen atoms in total. The summed E-state index contributed by atoms with van der Waals surface area (Å²) in [6.07, 6.45) is -3.75. The molecular formula is C17H12F4N2O2S. The third-order valence-corrected chi connectivity index (χ3v) is 4.79. The van der Waals surface area contributed by atoms with Gasteiger partial charge in [0.2, 0.25) is 0 Å². The predicted molar refractivity (Wildman–Crippen MR) is 87.1 cm³/mol. The summed E-state index contributed by atoms with van der Waals surface area (Å²) in [4.78, 5) is -0.128. The van der Waals surface area contributed by atoms with Crippen molar-refractivity contribution in [3.05, 3.63) is 66.1 Å². The molecule has 0 spiro atoms. The molecule has 9 heteroatoms. The van der Waals surface area contributed by atoms with Crippen LogP contribution in [0, 0.1) is 5.82 Å². The van der Waals surface area contributed by atoms with Crippen LogP contribution in [0.2, 0.25) is 0 Å². The van der Waals surface area contributed by atoms with Crippen molar-refractivity contribution in [2.45, 2.75) is 11.1 Å². The molecule has 1 aromatic heterocycles. The summed E-state index contributed by atoms with van der Waals surface area (Å²) in [6.45, 7) is 0. The number of nitrogens with zero attached hydrogens (tertiary/aromatic N) is 2. The van der Waals surface area contributed by atoms with E-state index in [1.165, 1.54) is 36.4 Å². The van der Waals surface area contributed by atoms with Crippen LogP contribution in [0.15, 0.2) is 59.5 Å². The molecule has 2 aromatic carbocycles. The van der Waals surface area contributed by atoms with E-state index in [9.17, 15) is 26.0 Å². The lowest BCUT2D eigenvalue weighted by molar-refractivity contribution is -0.141. The highest BCUT2D eigenvalue weighted by Crippen LogP contribution is 2.35. The highest BCUT2D eigenvalue weighted by molar-refractivity contribution is 7.90. The van der Waals surface area contributed by atoms with Crippen molar-refractivity contribution in [2.75, 3.05) is 6.26 Å². The van der Waals surface area contributed by atoms with E-state index in [1.807, 2.05) is 0 Å². The lowest BCUT2D eigenvalue weighted by Crippen LogP contribution is -2.07. The smallest absolute Gasteiger partial charge is 0.232 e. The van der Waals surface area contributed by atoms with Gasteiger partial charge in [-0.1, -0.05) is 18.2 Å². The fourth-order valence-electron chi connectivity index (χ4n) is 2.49. The first kappa shape index (κ1) is 18.1. The summed E-state index contributed by atoms with van der Waals surface area (Å²) in [6, 6.07) is 11.1. The molecule has 3 rings (SSSR count). The Bertz CT molecular complexity index is 1060. The number of sulfone groups is 1. The summed E-state index contributed by atoms with van der Waals surface area (Å²) < 4.78 is 77.6. The van der Waals surface area contributed by atoms with Gasteiger partial charge in [-0.2, -0.15) is 18.3 Å². The molecule has 0 aliphatic carbocycles. The molecule has 0 aliphatic heterocycles. The maximum absolute atomic E-state index is 13.2. The van der Waals surface area contributed by atoms with Crippen molar-refractivity contribution in [1.82, 2.24) is 9.78 Å². The van der Waals surface area contributed by atoms with Crippen molar-refractivity contribution in [1.29, 1.82) is 0 Å². The number of halogens is 4. The molecule has 0 fully saturated rings. The Morgan fingerprint density at radius 1 is 1.00 bits per heavy atom. The van der Waals surface area contributed by atoms with Gasteiger partial charge in [-0.05, 0) is 36.4 Å². The zero-order chi connectivity index (χ0) is 19.1. The molecule has 26 heavy (non-hydrogen) atoms. The normalized spacial score (nSPS) is 12.3. The van der Waals surface area contributed by atoms with Gasteiger partial charge in [-0.3, -0.25) is 0 Å². The fraction of sp³-hybridized carbons (Fsp3) is 0.118. The Hall–Kier alpha value is -2.68. The third-order valence-electron chi connectivity index (χ3n) is 3.63. The number of alkyl halides is 3. The zero-order valence-corrected chi connectivity index (χ0v) is 14.1. The first-order valence-electron chi connectivity index (χ1n) is 7.30. The maximum atomic E-state index is 13.2. The van der Waals surface area contributed by atoms with Crippen LogP contribution in [-0.2, 0) is 16.0 Å². The van der Waals surface area contributed by atoms with Gasteiger partial charge in [0.05, 0.1) is 16.3 Å². The molecule has 0 unspecified atom stereocenters. The van der Waals surface area contributed by atoms with E-state index < -0.39 is 27.5 Å². The number of aromatic nitrogens is 2. The third kappa shape index (κ3) is 3.48. The molecule has 3 aromatic rings. The van der Waals surface area contributed by atoms with Gasteiger partial charge in [0, 0.05) is 11.8 Å². The molecule has 0 saturated carbocycles. The quantitative estimate of drug-likeness (QED) is 0.639. The van der Waals surface area contributed by atoms with E-state index in [1.54, 1.807) is 0 Å². The minimum atomic E-state index is -4.72. The Morgan fingerprint density at radius 3 is 2.19 bits per heavy atom. The van der Waals surface area contributed by atoms with Crippen molar-refractivity contribution in [2.24, 2.45) is 0 Å². The van der Waals surface area contributed by atoms with E-state index in [-0.39, 0.29) is 21.8 Å².